The summed E-state index contributed by atoms with van der Waals surface area (Å²) in [7, 11) is 0. The summed E-state index contributed by atoms with van der Waals surface area (Å²) in [5, 5.41) is 9.12. The Balaban J connectivity index is 1.98. The van der Waals surface area contributed by atoms with Gasteiger partial charge in [0.2, 0.25) is 0 Å². The van der Waals surface area contributed by atoms with Gasteiger partial charge in [0.15, 0.2) is 0 Å². The summed E-state index contributed by atoms with van der Waals surface area (Å²) in [5.74, 6) is 0. The van der Waals surface area contributed by atoms with Gasteiger partial charge in [-0.1, -0.05) is 40.6 Å². The Morgan fingerprint density at radius 2 is 1.78 bits per heavy atom. The van der Waals surface area contributed by atoms with Crippen molar-refractivity contribution in [2.45, 2.75) is 12.6 Å². The minimum Gasteiger partial charge on any atom is -0.421 e. The first-order valence-corrected chi connectivity index (χ1v) is 8.03. The quantitative estimate of drug-likeness (QED) is 0.663. The van der Waals surface area contributed by atoms with Crippen LogP contribution in [0.2, 0.25) is 5.02 Å². The number of benzene rings is 2. The van der Waals surface area contributed by atoms with Gasteiger partial charge in [-0.15, -0.1) is 0 Å². The van der Waals surface area contributed by atoms with E-state index in [0.717, 1.165) is 18.2 Å². The van der Waals surface area contributed by atoms with Crippen LogP contribution in [0.3, 0.4) is 0 Å². The molecule has 3 rings (SSSR count). The summed E-state index contributed by atoms with van der Waals surface area (Å²) in [6, 6.07) is 10.9. The van der Waals surface area contributed by atoms with Crippen molar-refractivity contribution in [2.75, 3.05) is 0 Å². The summed E-state index contributed by atoms with van der Waals surface area (Å²) in [4.78, 5) is 25.3. The third-order valence-corrected chi connectivity index (χ3v) is 4.06. The number of hydrogen-bond acceptors (Lipinski definition) is 3. The van der Waals surface area contributed by atoms with Gasteiger partial charge in [0.25, 0.3) is 5.56 Å². The molecular formula is C18H12ClF3N2O3. The van der Waals surface area contributed by atoms with Crippen molar-refractivity contribution in [3.8, 4) is 11.1 Å². The van der Waals surface area contributed by atoms with Crippen LogP contribution < -0.4 is 11.2 Å². The SMILES string of the molecule is O=c1cc(Cc2cccc(-c3cc(Cl)cc(C(F)(F)F)c3)c2)[nH]c(=O)n1O. The van der Waals surface area contributed by atoms with Gasteiger partial charge in [0, 0.05) is 23.2 Å². The second-order valence-electron chi connectivity index (χ2n) is 5.85. The maximum absolute atomic E-state index is 13.0. The molecule has 0 aliphatic carbocycles. The van der Waals surface area contributed by atoms with Crippen molar-refractivity contribution < 1.29 is 18.4 Å². The Bertz CT molecular complexity index is 1090. The highest BCUT2D eigenvalue weighted by Crippen LogP contribution is 2.35. The van der Waals surface area contributed by atoms with Gasteiger partial charge in [0.1, 0.15) is 0 Å². The number of alkyl halides is 3. The highest BCUT2D eigenvalue weighted by molar-refractivity contribution is 6.31. The van der Waals surface area contributed by atoms with Gasteiger partial charge in [-0.3, -0.25) is 4.79 Å². The molecule has 5 nitrogen and oxygen atoms in total. The molecule has 2 aromatic carbocycles. The molecule has 27 heavy (non-hydrogen) atoms. The second kappa shape index (κ2) is 6.96. The molecule has 0 unspecified atom stereocenters. The molecule has 2 N–H and O–H groups in total. The molecule has 0 amide bonds. The van der Waals surface area contributed by atoms with Crippen molar-refractivity contribution in [1.29, 1.82) is 0 Å². The summed E-state index contributed by atoms with van der Waals surface area (Å²) in [6.07, 6.45) is -4.38. The van der Waals surface area contributed by atoms with E-state index >= 15 is 0 Å². The molecule has 9 heteroatoms. The summed E-state index contributed by atoms with van der Waals surface area (Å²) in [6.45, 7) is 0. The van der Waals surface area contributed by atoms with Gasteiger partial charge in [-0.25, -0.2) is 4.79 Å². The zero-order valence-electron chi connectivity index (χ0n) is 13.5. The second-order valence-corrected chi connectivity index (χ2v) is 6.29. The van der Waals surface area contributed by atoms with Crippen LogP contribution in [0.5, 0.6) is 0 Å². The van der Waals surface area contributed by atoms with Crippen molar-refractivity contribution in [1.82, 2.24) is 9.71 Å². The number of halogens is 4. The lowest BCUT2D eigenvalue weighted by molar-refractivity contribution is -0.137. The molecule has 3 aromatic rings. The van der Waals surface area contributed by atoms with E-state index in [1.807, 2.05) is 0 Å². The molecule has 0 saturated carbocycles. The molecule has 140 valence electrons. The fourth-order valence-corrected chi connectivity index (χ4v) is 2.87. The molecule has 0 bridgehead atoms. The third kappa shape index (κ3) is 4.22. The zero-order chi connectivity index (χ0) is 19.8. The zero-order valence-corrected chi connectivity index (χ0v) is 14.3. The maximum Gasteiger partial charge on any atom is 0.416 e. The van der Waals surface area contributed by atoms with Crippen LogP contribution in [-0.2, 0) is 12.6 Å². The first-order chi connectivity index (χ1) is 12.6. The minimum absolute atomic E-state index is 0.0406. The van der Waals surface area contributed by atoms with Crippen LogP contribution in [0, 0.1) is 0 Å². The summed E-state index contributed by atoms with van der Waals surface area (Å²) in [5.41, 5.74) is -1.02. The van der Waals surface area contributed by atoms with E-state index < -0.39 is 23.0 Å². The average molecular weight is 397 g/mol. The van der Waals surface area contributed by atoms with Crippen LogP contribution >= 0.6 is 11.6 Å². The van der Waals surface area contributed by atoms with E-state index in [1.54, 1.807) is 24.3 Å². The summed E-state index contributed by atoms with van der Waals surface area (Å²) < 4.78 is 38.9. The molecular weight excluding hydrogens is 385 g/mol. The van der Waals surface area contributed by atoms with E-state index in [2.05, 4.69) is 4.98 Å². The monoisotopic (exact) mass is 396 g/mol. The molecule has 1 heterocycles. The Hall–Kier alpha value is -3.00. The van der Waals surface area contributed by atoms with E-state index in [0.29, 0.717) is 11.1 Å². The first kappa shape index (κ1) is 18.8. The first-order valence-electron chi connectivity index (χ1n) is 7.65. The Kier molecular flexibility index (Phi) is 4.84. The maximum atomic E-state index is 13.0. The predicted octanol–water partition coefficient (Wildman–Crippen LogP) is 3.70. The lowest BCUT2D eigenvalue weighted by Crippen LogP contribution is -2.33. The number of hydrogen-bond donors (Lipinski definition) is 2. The Morgan fingerprint density at radius 3 is 2.44 bits per heavy atom. The van der Waals surface area contributed by atoms with E-state index in [-0.39, 0.29) is 27.4 Å². The topological polar surface area (TPSA) is 75.1 Å². The number of H-pyrrole nitrogens is 1. The molecule has 0 saturated heterocycles. The molecule has 0 radical (unpaired) electrons. The highest BCUT2D eigenvalue weighted by atomic mass is 35.5. The van der Waals surface area contributed by atoms with Crippen LogP contribution in [0.25, 0.3) is 11.1 Å². The Morgan fingerprint density at radius 1 is 1.04 bits per heavy atom. The van der Waals surface area contributed by atoms with E-state index in [1.165, 1.54) is 6.07 Å². The number of aromatic nitrogens is 2. The normalized spacial score (nSPS) is 11.6. The minimum atomic E-state index is -4.52. The molecule has 0 aliphatic rings. The molecule has 0 fully saturated rings. The van der Waals surface area contributed by atoms with Crippen molar-refractivity contribution in [3.63, 3.8) is 0 Å². The van der Waals surface area contributed by atoms with Gasteiger partial charge in [-0.05, 0) is 34.9 Å². The molecule has 0 aliphatic heterocycles. The predicted molar refractivity (Wildman–Crippen MR) is 93.2 cm³/mol. The molecule has 0 atom stereocenters. The number of rotatable bonds is 3. The Labute approximate surface area is 155 Å². The van der Waals surface area contributed by atoms with Crippen molar-refractivity contribution in [3.05, 3.63) is 91.2 Å². The lowest BCUT2D eigenvalue weighted by atomic mass is 9.99. The van der Waals surface area contributed by atoms with Crippen LogP contribution in [0.1, 0.15) is 16.8 Å². The fraction of sp³-hybridized carbons (Fsp3) is 0.111. The van der Waals surface area contributed by atoms with Crippen LogP contribution in [-0.4, -0.2) is 14.9 Å². The van der Waals surface area contributed by atoms with Gasteiger partial charge >= 0.3 is 11.9 Å². The number of nitrogens with zero attached hydrogens (tertiary/aromatic N) is 1. The lowest BCUT2D eigenvalue weighted by Gasteiger charge is -2.11. The van der Waals surface area contributed by atoms with Gasteiger partial charge in [0.05, 0.1) is 5.56 Å². The van der Waals surface area contributed by atoms with E-state index in [9.17, 15) is 22.8 Å². The standard InChI is InChI=1S/C18H12ClF3N2O3/c19-14-7-12(6-13(8-14)18(20,21)22)11-3-1-2-10(4-11)5-15-9-16(25)24(27)17(26)23-15/h1-4,6-9,27H,5H2,(H,23,26). The number of aromatic amines is 1. The molecule has 1 aromatic heterocycles. The van der Waals surface area contributed by atoms with Crippen LogP contribution in [0.15, 0.2) is 58.1 Å². The highest BCUT2D eigenvalue weighted by Gasteiger charge is 2.31. The third-order valence-electron chi connectivity index (χ3n) is 3.85. The van der Waals surface area contributed by atoms with Gasteiger partial charge in [-0.2, -0.15) is 13.2 Å². The smallest absolute Gasteiger partial charge is 0.416 e. The largest absolute Gasteiger partial charge is 0.421 e. The van der Waals surface area contributed by atoms with Crippen LogP contribution in [0.4, 0.5) is 13.2 Å². The average Bonchev–Trinajstić information content (AvgIpc) is 2.58. The van der Waals surface area contributed by atoms with Gasteiger partial charge < -0.3 is 10.2 Å². The molecule has 0 spiro atoms. The van der Waals surface area contributed by atoms with Crippen molar-refractivity contribution in [2.24, 2.45) is 0 Å². The number of nitrogens with one attached hydrogen (secondary N) is 1. The fourth-order valence-electron chi connectivity index (χ4n) is 2.63. The van der Waals surface area contributed by atoms with E-state index in [4.69, 9.17) is 16.8 Å². The summed E-state index contributed by atoms with van der Waals surface area (Å²) >= 11 is 5.82. The van der Waals surface area contributed by atoms with Crippen molar-refractivity contribution >= 4 is 11.6 Å².